The Morgan fingerprint density at radius 1 is 0.844 bits per heavy atom. The van der Waals surface area contributed by atoms with E-state index < -0.39 is 20.0 Å². The highest BCUT2D eigenvalue weighted by atomic mass is 32.2. The molecule has 12 heteroatoms. The smallest absolute Gasteiger partial charge is 0.274 e. The summed E-state index contributed by atoms with van der Waals surface area (Å²) in [7, 11) is -7.36. The summed E-state index contributed by atoms with van der Waals surface area (Å²) in [5.74, 6) is 0.709. The van der Waals surface area contributed by atoms with Gasteiger partial charge in [0.1, 0.15) is 17.2 Å². The normalized spacial score (nSPS) is 18.9. The number of anilines is 1. The number of sulfonamides is 2. The molecule has 10 nitrogen and oxygen atoms in total. The van der Waals surface area contributed by atoms with Crippen molar-refractivity contribution in [1.29, 1.82) is 5.26 Å². The van der Waals surface area contributed by atoms with E-state index in [1.165, 1.54) is 26.9 Å². The number of hydrogen-bond acceptors (Lipinski definition) is 7. The van der Waals surface area contributed by atoms with E-state index in [0.717, 1.165) is 0 Å². The molecule has 1 N–H and O–H groups in total. The van der Waals surface area contributed by atoms with Gasteiger partial charge in [-0.05, 0) is 18.2 Å². The number of H-pyrrole nitrogens is 1. The zero-order valence-electron chi connectivity index (χ0n) is 17.3. The number of aromatic nitrogens is 1. The fraction of sp³-hybridized carbons (Fsp3) is 0.400. The van der Waals surface area contributed by atoms with Crippen LogP contribution in [0.5, 0.6) is 0 Å². The van der Waals surface area contributed by atoms with E-state index in [9.17, 15) is 22.1 Å². The van der Waals surface area contributed by atoms with Crippen LogP contribution in [0.3, 0.4) is 0 Å². The number of nitrogens with one attached hydrogen (secondary N) is 1. The maximum atomic E-state index is 13.0. The summed E-state index contributed by atoms with van der Waals surface area (Å²) >= 11 is 0. The number of piperazine rings is 1. The number of benzene rings is 1. The van der Waals surface area contributed by atoms with Gasteiger partial charge in [-0.1, -0.05) is 12.1 Å². The number of ether oxygens (including phenoxy) is 1. The van der Waals surface area contributed by atoms with E-state index in [2.05, 4.69) is 4.98 Å². The van der Waals surface area contributed by atoms with E-state index >= 15 is 0 Å². The molecule has 0 spiro atoms. The molecular formula is C20H24N5O5S2+. The SMILES string of the molecule is N#Cc1ccccc1S(=O)(=O)N1CCN(c2ccc(S(=O)(=O)N3CCOCC3)c[nH+]2)CC1. The van der Waals surface area contributed by atoms with Crippen LogP contribution in [0.2, 0.25) is 0 Å². The van der Waals surface area contributed by atoms with Crippen molar-refractivity contribution in [2.45, 2.75) is 9.79 Å². The highest BCUT2D eigenvalue weighted by molar-refractivity contribution is 7.89. The zero-order valence-corrected chi connectivity index (χ0v) is 19.0. The van der Waals surface area contributed by atoms with Gasteiger partial charge in [-0.15, -0.1) is 0 Å². The molecule has 2 saturated heterocycles. The highest BCUT2D eigenvalue weighted by Gasteiger charge is 2.33. The van der Waals surface area contributed by atoms with Crippen LogP contribution < -0.4 is 9.88 Å². The van der Waals surface area contributed by atoms with Crippen LogP contribution in [-0.2, 0) is 24.8 Å². The Kier molecular flexibility index (Phi) is 6.45. The Hall–Kier alpha value is -2.56. The number of aromatic amines is 1. The van der Waals surface area contributed by atoms with Crippen LogP contribution in [0.25, 0.3) is 0 Å². The molecule has 1 aromatic carbocycles. The Bertz CT molecular complexity index is 1210. The van der Waals surface area contributed by atoms with E-state index in [-0.39, 0.29) is 28.4 Å². The van der Waals surface area contributed by atoms with Gasteiger partial charge in [0.05, 0.1) is 49.9 Å². The van der Waals surface area contributed by atoms with E-state index in [1.54, 1.807) is 24.3 Å². The molecule has 170 valence electrons. The van der Waals surface area contributed by atoms with Gasteiger partial charge in [0.15, 0.2) is 0 Å². The molecular weight excluding hydrogens is 454 g/mol. The molecule has 0 aliphatic carbocycles. The van der Waals surface area contributed by atoms with Crippen LogP contribution in [0.15, 0.2) is 52.4 Å². The molecule has 32 heavy (non-hydrogen) atoms. The molecule has 0 radical (unpaired) electrons. The first-order valence-electron chi connectivity index (χ1n) is 10.2. The maximum absolute atomic E-state index is 13.0. The largest absolute Gasteiger partial charge is 0.379 e. The monoisotopic (exact) mass is 478 g/mol. The molecule has 0 unspecified atom stereocenters. The first kappa shape index (κ1) is 22.6. The summed E-state index contributed by atoms with van der Waals surface area (Å²) in [6.07, 6.45) is 1.46. The molecule has 3 heterocycles. The van der Waals surface area contributed by atoms with Crippen molar-refractivity contribution < 1.29 is 26.6 Å². The molecule has 1 aromatic heterocycles. The lowest BCUT2D eigenvalue weighted by Crippen LogP contribution is -2.50. The average Bonchev–Trinajstić information content (AvgIpc) is 2.84. The summed E-state index contributed by atoms with van der Waals surface area (Å²) in [5, 5.41) is 9.24. The Labute approximate surface area is 187 Å². The van der Waals surface area contributed by atoms with Gasteiger partial charge in [-0.2, -0.15) is 13.9 Å². The van der Waals surface area contributed by atoms with E-state index in [4.69, 9.17) is 4.74 Å². The number of hydrogen-bond donors (Lipinski definition) is 0. The second kappa shape index (κ2) is 9.13. The van der Waals surface area contributed by atoms with Gasteiger partial charge >= 0.3 is 0 Å². The molecule has 0 atom stereocenters. The van der Waals surface area contributed by atoms with Crippen LogP contribution >= 0.6 is 0 Å². The minimum Gasteiger partial charge on any atom is -0.379 e. The van der Waals surface area contributed by atoms with Crippen molar-refractivity contribution in [2.75, 3.05) is 57.4 Å². The summed E-state index contributed by atoms with van der Waals surface area (Å²) in [6, 6.07) is 11.4. The van der Waals surface area contributed by atoms with E-state index in [1.807, 2.05) is 11.0 Å². The van der Waals surface area contributed by atoms with Crippen molar-refractivity contribution >= 4 is 25.9 Å². The Morgan fingerprint density at radius 2 is 1.50 bits per heavy atom. The molecule has 2 aliphatic heterocycles. The molecule has 0 saturated carbocycles. The highest BCUT2D eigenvalue weighted by Crippen LogP contribution is 2.23. The van der Waals surface area contributed by atoms with Crippen LogP contribution in [0.1, 0.15) is 5.56 Å². The van der Waals surface area contributed by atoms with Gasteiger partial charge < -0.3 is 4.74 Å². The quantitative estimate of drug-likeness (QED) is 0.588. The second-order valence-corrected chi connectivity index (χ2v) is 11.3. The lowest BCUT2D eigenvalue weighted by molar-refractivity contribution is -0.367. The zero-order chi connectivity index (χ0) is 22.8. The van der Waals surface area contributed by atoms with Gasteiger partial charge in [0, 0.05) is 19.2 Å². The van der Waals surface area contributed by atoms with Crippen molar-refractivity contribution in [1.82, 2.24) is 8.61 Å². The average molecular weight is 479 g/mol. The molecule has 0 amide bonds. The fourth-order valence-corrected chi connectivity index (χ4v) is 6.73. The first-order valence-corrected chi connectivity index (χ1v) is 13.1. The van der Waals surface area contributed by atoms with Crippen molar-refractivity contribution in [3.8, 4) is 6.07 Å². The van der Waals surface area contributed by atoms with Gasteiger partial charge in [0.2, 0.25) is 20.0 Å². The third-order valence-electron chi connectivity index (χ3n) is 5.58. The number of rotatable bonds is 5. The van der Waals surface area contributed by atoms with Crippen LogP contribution in [-0.4, -0.2) is 77.9 Å². The molecule has 2 fully saturated rings. The topological polar surface area (TPSA) is 125 Å². The maximum Gasteiger partial charge on any atom is 0.274 e. The van der Waals surface area contributed by atoms with Crippen LogP contribution in [0, 0.1) is 11.3 Å². The second-order valence-electron chi connectivity index (χ2n) is 7.43. The summed E-state index contributed by atoms with van der Waals surface area (Å²) in [4.78, 5) is 5.19. The van der Waals surface area contributed by atoms with E-state index in [0.29, 0.717) is 45.2 Å². The van der Waals surface area contributed by atoms with Gasteiger partial charge in [-0.3, -0.25) is 4.90 Å². The Balaban J connectivity index is 1.44. The number of nitrogens with zero attached hydrogens (tertiary/aromatic N) is 4. The summed E-state index contributed by atoms with van der Waals surface area (Å²) in [6.45, 7) is 2.79. The summed E-state index contributed by atoms with van der Waals surface area (Å²) < 4.78 is 59.5. The third kappa shape index (κ3) is 4.35. The van der Waals surface area contributed by atoms with Crippen molar-refractivity contribution in [3.05, 3.63) is 48.2 Å². The fourth-order valence-electron chi connectivity index (χ4n) is 3.79. The molecule has 2 aromatic rings. The minimum atomic E-state index is -3.77. The van der Waals surface area contributed by atoms with Gasteiger partial charge in [0.25, 0.3) is 5.82 Å². The lowest BCUT2D eigenvalue weighted by atomic mass is 10.2. The lowest BCUT2D eigenvalue weighted by Gasteiger charge is -2.30. The number of nitriles is 1. The minimum absolute atomic E-state index is 0.0141. The number of morpholine rings is 1. The van der Waals surface area contributed by atoms with Crippen molar-refractivity contribution in [3.63, 3.8) is 0 Å². The molecule has 2 aliphatic rings. The number of pyridine rings is 1. The molecule has 0 bridgehead atoms. The standard InChI is InChI=1S/C20H23N5O5S2/c21-15-17-3-1-2-4-19(17)32(28,29)24-9-7-23(8-10-24)20-6-5-18(16-22-20)31(26,27)25-11-13-30-14-12-25/h1-6,16H,7-14H2/p+1. The predicted molar refractivity (Wildman–Crippen MR) is 115 cm³/mol. The Morgan fingerprint density at radius 3 is 2.12 bits per heavy atom. The predicted octanol–water partition coefficient (Wildman–Crippen LogP) is -0.0958. The molecule has 4 rings (SSSR count). The van der Waals surface area contributed by atoms with Crippen LogP contribution in [0.4, 0.5) is 5.82 Å². The van der Waals surface area contributed by atoms with Gasteiger partial charge in [-0.25, -0.2) is 21.8 Å². The van der Waals surface area contributed by atoms with Crippen molar-refractivity contribution in [2.24, 2.45) is 0 Å². The summed E-state index contributed by atoms with van der Waals surface area (Å²) in [5.41, 5.74) is 0.125. The third-order valence-corrected chi connectivity index (χ3v) is 9.43. The first-order chi connectivity index (χ1) is 15.3.